The van der Waals surface area contributed by atoms with E-state index in [4.69, 9.17) is 27.9 Å². The molecule has 30 heavy (non-hydrogen) atoms. The van der Waals surface area contributed by atoms with Crippen LogP contribution in [0.3, 0.4) is 0 Å². The van der Waals surface area contributed by atoms with Crippen molar-refractivity contribution in [2.75, 3.05) is 5.43 Å². The van der Waals surface area contributed by atoms with Crippen molar-refractivity contribution >= 4 is 51.2 Å². The van der Waals surface area contributed by atoms with Gasteiger partial charge in [-0.25, -0.2) is 4.98 Å². The predicted octanol–water partition coefficient (Wildman–Crippen LogP) is 7.19. The number of hydrazone groups is 1. The maximum Gasteiger partial charge on any atom is 0.417 e. The molecule has 0 atom stereocenters. The molecule has 1 N–H and O–H groups in total. The number of halogens is 6. The molecule has 0 bridgehead atoms. The van der Waals surface area contributed by atoms with E-state index < -0.39 is 11.7 Å². The Hall–Kier alpha value is -2.29. The Kier molecular flexibility index (Phi) is 7.23. The van der Waals surface area contributed by atoms with Crippen molar-refractivity contribution < 1.29 is 17.9 Å². The SMILES string of the molecule is FC(F)(F)c1ccc(N/N=C\c2cc(Br)ccc2OCc2ccc(Cl)c(Cl)c2)nc1. The molecule has 1 heterocycles. The van der Waals surface area contributed by atoms with Gasteiger partial charge in [0, 0.05) is 16.2 Å². The lowest BCUT2D eigenvalue weighted by Crippen LogP contribution is -2.05. The van der Waals surface area contributed by atoms with Gasteiger partial charge in [0.05, 0.1) is 21.8 Å². The molecule has 2 aromatic carbocycles. The first-order valence-electron chi connectivity index (χ1n) is 8.41. The summed E-state index contributed by atoms with van der Waals surface area (Å²) in [6.45, 7) is 0.257. The lowest BCUT2D eigenvalue weighted by molar-refractivity contribution is -0.137. The molecular weight excluding hydrogens is 506 g/mol. The molecule has 0 aliphatic carbocycles. The Balaban J connectivity index is 1.69. The topological polar surface area (TPSA) is 46.5 Å². The predicted molar refractivity (Wildman–Crippen MR) is 115 cm³/mol. The fourth-order valence-corrected chi connectivity index (χ4v) is 3.04. The van der Waals surface area contributed by atoms with Crippen LogP contribution in [0.4, 0.5) is 19.0 Å². The van der Waals surface area contributed by atoms with Gasteiger partial charge in [-0.2, -0.15) is 18.3 Å². The molecule has 0 fully saturated rings. The van der Waals surface area contributed by atoms with Crippen LogP contribution in [-0.2, 0) is 12.8 Å². The van der Waals surface area contributed by atoms with Crippen LogP contribution in [-0.4, -0.2) is 11.2 Å². The molecule has 0 radical (unpaired) electrons. The van der Waals surface area contributed by atoms with E-state index in [0.29, 0.717) is 21.4 Å². The summed E-state index contributed by atoms with van der Waals surface area (Å²) >= 11 is 15.3. The molecule has 0 aliphatic heterocycles. The molecule has 4 nitrogen and oxygen atoms in total. The molecule has 0 spiro atoms. The first kappa shape index (κ1) is 22.4. The summed E-state index contributed by atoms with van der Waals surface area (Å²) in [4.78, 5) is 3.70. The van der Waals surface area contributed by atoms with Gasteiger partial charge in [-0.3, -0.25) is 5.43 Å². The van der Waals surface area contributed by atoms with Gasteiger partial charge < -0.3 is 4.74 Å². The molecule has 0 saturated carbocycles. The third-order valence-electron chi connectivity index (χ3n) is 3.82. The van der Waals surface area contributed by atoms with Gasteiger partial charge in [-0.15, -0.1) is 0 Å². The van der Waals surface area contributed by atoms with Crippen LogP contribution < -0.4 is 10.2 Å². The lowest BCUT2D eigenvalue weighted by atomic mass is 10.2. The van der Waals surface area contributed by atoms with E-state index >= 15 is 0 Å². The van der Waals surface area contributed by atoms with Crippen molar-refractivity contribution in [3.8, 4) is 5.75 Å². The first-order valence-corrected chi connectivity index (χ1v) is 9.96. The number of hydrogen-bond acceptors (Lipinski definition) is 4. The number of aromatic nitrogens is 1. The molecule has 0 saturated heterocycles. The van der Waals surface area contributed by atoms with Crippen molar-refractivity contribution in [1.29, 1.82) is 0 Å². The van der Waals surface area contributed by atoms with Crippen LogP contribution in [0.2, 0.25) is 10.0 Å². The highest BCUT2D eigenvalue weighted by atomic mass is 79.9. The van der Waals surface area contributed by atoms with E-state index in [9.17, 15) is 13.2 Å². The van der Waals surface area contributed by atoms with E-state index in [1.807, 2.05) is 6.07 Å². The van der Waals surface area contributed by atoms with Crippen molar-refractivity contribution in [3.05, 3.63) is 85.9 Å². The Morgan fingerprint density at radius 3 is 2.53 bits per heavy atom. The smallest absolute Gasteiger partial charge is 0.417 e. The number of rotatable bonds is 6. The maximum atomic E-state index is 12.6. The number of hydrogen-bond donors (Lipinski definition) is 1. The number of alkyl halides is 3. The van der Waals surface area contributed by atoms with Gasteiger partial charge in [0.25, 0.3) is 0 Å². The monoisotopic (exact) mass is 517 g/mol. The van der Waals surface area contributed by atoms with Gasteiger partial charge >= 0.3 is 6.18 Å². The number of benzene rings is 2. The van der Waals surface area contributed by atoms with Gasteiger partial charge in [0.15, 0.2) is 0 Å². The molecular formula is C20H13BrCl2F3N3O. The minimum atomic E-state index is -4.44. The summed E-state index contributed by atoms with van der Waals surface area (Å²) < 4.78 is 44.4. The second kappa shape index (κ2) is 9.68. The van der Waals surface area contributed by atoms with Crippen LogP contribution >= 0.6 is 39.1 Å². The first-order chi connectivity index (χ1) is 14.2. The maximum absolute atomic E-state index is 12.6. The van der Waals surface area contributed by atoms with Gasteiger partial charge in [0.1, 0.15) is 18.2 Å². The summed E-state index contributed by atoms with van der Waals surface area (Å²) in [5.41, 5.74) is 3.24. The van der Waals surface area contributed by atoms with Crippen molar-refractivity contribution in [2.24, 2.45) is 5.10 Å². The van der Waals surface area contributed by atoms with Crippen LogP contribution in [0.15, 0.2) is 64.3 Å². The van der Waals surface area contributed by atoms with Gasteiger partial charge in [0.2, 0.25) is 0 Å². The van der Waals surface area contributed by atoms with E-state index in [2.05, 4.69) is 31.4 Å². The zero-order valence-electron chi connectivity index (χ0n) is 15.1. The lowest BCUT2D eigenvalue weighted by Gasteiger charge is -2.10. The highest BCUT2D eigenvalue weighted by molar-refractivity contribution is 9.10. The summed E-state index contributed by atoms with van der Waals surface area (Å²) in [6.07, 6.45) is -2.22. The van der Waals surface area contributed by atoms with Crippen molar-refractivity contribution in [3.63, 3.8) is 0 Å². The number of ether oxygens (including phenoxy) is 1. The Morgan fingerprint density at radius 1 is 1.07 bits per heavy atom. The van der Waals surface area contributed by atoms with Crippen LogP contribution in [0, 0.1) is 0 Å². The van der Waals surface area contributed by atoms with E-state index in [1.54, 1.807) is 30.3 Å². The molecule has 3 aromatic rings. The molecule has 1 aromatic heterocycles. The highest BCUT2D eigenvalue weighted by Crippen LogP contribution is 2.29. The average molecular weight is 519 g/mol. The number of pyridine rings is 1. The van der Waals surface area contributed by atoms with Crippen LogP contribution in [0.25, 0.3) is 0 Å². The largest absolute Gasteiger partial charge is 0.488 e. The third kappa shape index (κ3) is 6.10. The van der Waals surface area contributed by atoms with Crippen LogP contribution in [0.1, 0.15) is 16.7 Å². The minimum absolute atomic E-state index is 0.174. The average Bonchev–Trinajstić information content (AvgIpc) is 2.69. The number of anilines is 1. The zero-order valence-corrected chi connectivity index (χ0v) is 18.1. The summed E-state index contributed by atoms with van der Waals surface area (Å²) in [5.74, 6) is 0.725. The Bertz CT molecular complexity index is 1060. The van der Waals surface area contributed by atoms with Gasteiger partial charge in [-0.1, -0.05) is 45.2 Å². The Morgan fingerprint density at radius 2 is 1.87 bits per heavy atom. The quantitative estimate of drug-likeness (QED) is 0.277. The van der Waals surface area contributed by atoms with E-state index in [0.717, 1.165) is 22.3 Å². The minimum Gasteiger partial charge on any atom is -0.488 e. The van der Waals surface area contributed by atoms with Crippen molar-refractivity contribution in [1.82, 2.24) is 4.98 Å². The van der Waals surface area contributed by atoms with E-state index in [-0.39, 0.29) is 12.4 Å². The van der Waals surface area contributed by atoms with Crippen LogP contribution in [0.5, 0.6) is 5.75 Å². The molecule has 0 amide bonds. The van der Waals surface area contributed by atoms with E-state index in [1.165, 1.54) is 12.3 Å². The summed E-state index contributed by atoms with van der Waals surface area (Å²) in [7, 11) is 0. The highest BCUT2D eigenvalue weighted by Gasteiger charge is 2.30. The number of nitrogens with zero attached hydrogens (tertiary/aromatic N) is 2. The second-order valence-electron chi connectivity index (χ2n) is 6.02. The Labute approximate surface area is 188 Å². The van der Waals surface area contributed by atoms with Gasteiger partial charge in [-0.05, 0) is 48.0 Å². The molecule has 0 unspecified atom stereocenters. The fourth-order valence-electron chi connectivity index (χ4n) is 2.34. The zero-order chi connectivity index (χ0) is 21.7. The normalized spacial score (nSPS) is 11.7. The number of nitrogens with one attached hydrogen (secondary N) is 1. The molecule has 10 heteroatoms. The summed E-state index contributed by atoms with van der Waals surface area (Å²) in [5, 5.41) is 4.92. The second-order valence-corrected chi connectivity index (χ2v) is 7.75. The standard InChI is InChI=1S/C20H13BrCl2F3N3O/c21-15-3-5-18(30-11-12-1-4-16(22)17(23)7-12)13(8-15)9-28-29-19-6-2-14(10-27-19)20(24,25)26/h1-10H,11H2,(H,27,29)/b28-9-. The molecule has 3 rings (SSSR count). The van der Waals surface area contributed by atoms with Crippen molar-refractivity contribution in [2.45, 2.75) is 12.8 Å². The fraction of sp³-hybridized carbons (Fsp3) is 0.100. The summed E-state index contributed by atoms with van der Waals surface area (Å²) in [6, 6.07) is 12.7. The third-order valence-corrected chi connectivity index (χ3v) is 5.06. The molecule has 156 valence electrons. The molecule has 0 aliphatic rings.